The number of hydrogen-bond acceptors (Lipinski definition) is 7. The first-order chi connectivity index (χ1) is 19.0. The minimum Gasteiger partial charge on any atom is -0.479 e. The molecule has 3 heterocycles. The molecule has 1 saturated carbocycles. The molecule has 3 amide bonds. The number of pyridine rings is 1. The number of amides is 3. The van der Waals surface area contributed by atoms with Gasteiger partial charge in [-0.1, -0.05) is 30.4 Å². The second-order valence-electron chi connectivity index (χ2n) is 11.6. The van der Waals surface area contributed by atoms with Gasteiger partial charge in [-0.05, 0) is 57.6 Å². The number of aliphatic carboxylic acids is 1. The highest BCUT2D eigenvalue weighted by Crippen LogP contribution is 2.45. The fourth-order valence-electron chi connectivity index (χ4n) is 5.42. The Morgan fingerprint density at radius 2 is 1.98 bits per heavy atom. The largest absolute Gasteiger partial charge is 0.479 e. The van der Waals surface area contributed by atoms with Crippen molar-refractivity contribution in [1.29, 1.82) is 0 Å². The molecule has 0 spiro atoms. The fourth-order valence-corrected chi connectivity index (χ4v) is 5.42. The summed E-state index contributed by atoms with van der Waals surface area (Å²) in [5.41, 5.74) is -2.16. The van der Waals surface area contributed by atoms with E-state index in [1.54, 1.807) is 39.1 Å². The lowest BCUT2D eigenvalue weighted by Gasteiger charge is -2.30. The number of alkyl carbamates (subject to hydrolysis) is 1. The molecule has 2 fully saturated rings. The number of carbonyl (C=O) groups excluding carboxylic acids is 3. The standard InChI is InChI=1S/C29H34N4O7/c1-28(2,3)40-27(38)31-21-11-7-5-9-18-15-29(18,26(36)37)32-23(34)22-14-19(16-33(22)25(21)35)39-24-20-10-6-4-8-17(20)12-13-30-24/h4-6,8-10,12-13,18-19,21-22H,7,11,14-16H2,1-3H3,(H,31,38)(H,32,34)(H,36,37)/b9-5-/t18-,19?,21+,22+,29-/m1/s1. The third kappa shape index (κ3) is 5.59. The topological polar surface area (TPSA) is 147 Å². The summed E-state index contributed by atoms with van der Waals surface area (Å²) in [6.07, 6.45) is 4.94. The van der Waals surface area contributed by atoms with Gasteiger partial charge in [-0.2, -0.15) is 0 Å². The zero-order chi connectivity index (χ0) is 28.7. The number of rotatable bonds is 4. The van der Waals surface area contributed by atoms with E-state index in [-0.39, 0.29) is 31.7 Å². The summed E-state index contributed by atoms with van der Waals surface area (Å²) in [5.74, 6) is -2.12. The lowest BCUT2D eigenvalue weighted by molar-refractivity contribution is -0.145. The van der Waals surface area contributed by atoms with Crippen LogP contribution in [0.3, 0.4) is 0 Å². The van der Waals surface area contributed by atoms with Crippen LogP contribution in [0.2, 0.25) is 0 Å². The number of fused-ring (bicyclic) bond motifs is 3. The number of aromatic nitrogens is 1. The molecule has 1 aromatic heterocycles. The van der Waals surface area contributed by atoms with Crippen LogP contribution in [-0.2, 0) is 19.1 Å². The average molecular weight is 551 g/mol. The molecular formula is C29H34N4O7. The van der Waals surface area contributed by atoms with Gasteiger partial charge in [-0.3, -0.25) is 9.59 Å². The number of carboxylic acid groups (broad SMARTS) is 1. The molecule has 3 N–H and O–H groups in total. The van der Waals surface area contributed by atoms with Gasteiger partial charge in [-0.15, -0.1) is 0 Å². The first kappa shape index (κ1) is 27.4. The van der Waals surface area contributed by atoms with E-state index in [0.29, 0.717) is 12.3 Å². The van der Waals surface area contributed by atoms with Gasteiger partial charge in [0.25, 0.3) is 0 Å². The summed E-state index contributed by atoms with van der Waals surface area (Å²) in [6, 6.07) is 7.52. The Hall–Kier alpha value is -4.15. The molecular weight excluding hydrogens is 516 g/mol. The van der Waals surface area contributed by atoms with Gasteiger partial charge in [-0.25, -0.2) is 14.6 Å². The number of nitrogens with one attached hydrogen (secondary N) is 2. The van der Waals surface area contributed by atoms with Gasteiger partial charge in [0.15, 0.2) is 0 Å². The van der Waals surface area contributed by atoms with Crippen molar-refractivity contribution in [2.24, 2.45) is 5.92 Å². The molecule has 3 aliphatic rings. The predicted molar refractivity (Wildman–Crippen MR) is 144 cm³/mol. The van der Waals surface area contributed by atoms with E-state index < -0.39 is 53.2 Å². The van der Waals surface area contributed by atoms with Gasteiger partial charge in [0.1, 0.15) is 29.3 Å². The van der Waals surface area contributed by atoms with Gasteiger partial charge < -0.3 is 30.1 Å². The summed E-state index contributed by atoms with van der Waals surface area (Å²) in [5, 5.41) is 17.0. The van der Waals surface area contributed by atoms with E-state index >= 15 is 0 Å². The number of carboxylic acids is 1. The normalized spacial score (nSPS) is 29.2. The molecule has 1 unspecified atom stereocenters. The zero-order valence-corrected chi connectivity index (χ0v) is 22.8. The predicted octanol–water partition coefficient (Wildman–Crippen LogP) is 2.79. The fraction of sp³-hybridized carbons (Fsp3) is 0.483. The van der Waals surface area contributed by atoms with Crippen molar-refractivity contribution in [1.82, 2.24) is 20.5 Å². The first-order valence-corrected chi connectivity index (χ1v) is 13.5. The zero-order valence-electron chi connectivity index (χ0n) is 22.8. The van der Waals surface area contributed by atoms with Crippen LogP contribution in [0.4, 0.5) is 4.79 Å². The Morgan fingerprint density at radius 1 is 1.20 bits per heavy atom. The minimum absolute atomic E-state index is 0.0632. The minimum atomic E-state index is -1.40. The Morgan fingerprint density at radius 3 is 2.73 bits per heavy atom. The van der Waals surface area contributed by atoms with Crippen LogP contribution in [0.15, 0.2) is 48.7 Å². The van der Waals surface area contributed by atoms with Crippen LogP contribution in [0.5, 0.6) is 5.88 Å². The van der Waals surface area contributed by atoms with Crippen molar-refractivity contribution in [3.05, 3.63) is 48.7 Å². The highest BCUT2D eigenvalue weighted by Gasteiger charge is 2.61. The number of ether oxygens (including phenoxy) is 2. The molecule has 11 nitrogen and oxygen atoms in total. The maximum atomic E-state index is 13.9. The van der Waals surface area contributed by atoms with Crippen LogP contribution in [0, 0.1) is 5.92 Å². The molecule has 11 heteroatoms. The van der Waals surface area contributed by atoms with E-state index in [1.165, 1.54) is 4.90 Å². The SMILES string of the molecule is CC(C)(C)OC(=O)N[C@H]1CC/C=C\[C@@H]2C[C@@]2(C(=O)O)NC(=O)[C@@H]2CC(Oc3nccc4ccccc34)CN2C1=O. The molecule has 5 rings (SSSR count). The molecule has 1 saturated heterocycles. The molecule has 1 aromatic carbocycles. The molecule has 40 heavy (non-hydrogen) atoms. The quantitative estimate of drug-likeness (QED) is 0.493. The van der Waals surface area contributed by atoms with Gasteiger partial charge in [0.05, 0.1) is 6.54 Å². The monoisotopic (exact) mass is 550 g/mol. The summed E-state index contributed by atoms with van der Waals surface area (Å²) in [4.78, 5) is 57.9. The molecule has 2 aliphatic heterocycles. The van der Waals surface area contributed by atoms with Crippen molar-refractivity contribution >= 4 is 34.6 Å². The Labute approximate surface area is 231 Å². The second kappa shape index (κ2) is 10.4. The van der Waals surface area contributed by atoms with E-state index in [0.717, 1.165) is 10.8 Å². The van der Waals surface area contributed by atoms with Crippen LogP contribution in [0.25, 0.3) is 10.8 Å². The van der Waals surface area contributed by atoms with Crippen LogP contribution < -0.4 is 15.4 Å². The molecule has 1 aliphatic carbocycles. The molecule has 0 bridgehead atoms. The molecule has 5 atom stereocenters. The van der Waals surface area contributed by atoms with Crippen molar-refractivity contribution in [2.75, 3.05) is 6.54 Å². The van der Waals surface area contributed by atoms with Crippen LogP contribution in [0.1, 0.15) is 46.5 Å². The van der Waals surface area contributed by atoms with Gasteiger partial charge >= 0.3 is 12.1 Å². The van der Waals surface area contributed by atoms with E-state index in [1.807, 2.05) is 30.3 Å². The van der Waals surface area contributed by atoms with Crippen molar-refractivity contribution < 1.29 is 33.8 Å². The summed E-state index contributed by atoms with van der Waals surface area (Å²) in [7, 11) is 0. The number of hydrogen-bond donors (Lipinski definition) is 3. The van der Waals surface area contributed by atoms with Crippen molar-refractivity contribution in [3.8, 4) is 5.88 Å². The van der Waals surface area contributed by atoms with Crippen LogP contribution in [-0.4, -0.2) is 74.7 Å². The summed E-state index contributed by atoms with van der Waals surface area (Å²) < 4.78 is 11.6. The smallest absolute Gasteiger partial charge is 0.408 e. The summed E-state index contributed by atoms with van der Waals surface area (Å²) >= 11 is 0. The van der Waals surface area contributed by atoms with Crippen molar-refractivity contribution in [2.45, 2.75) is 75.8 Å². The molecule has 212 valence electrons. The second-order valence-corrected chi connectivity index (χ2v) is 11.6. The van der Waals surface area contributed by atoms with E-state index in [2.05, 4.69) is 15.6 Å². The lowest BCUT2D eigenvalue weighted by atomic mass is 10.1. The first-order valence-electron chi connectivity index (χ1n) is 13.5. The third-order valence-corrected chi connectivity index (χ3v) is 7.49. The van der Waals surface area contributed by atoms with E-state index in [4.69, 9.17) is 9.47 Å². The number of allylic oxidation sites excluding steroid dienone is 1. The number of benzene rings is 1. The average Bonchev–Trinajstić information content (AvgIpc) is 3.42. The van der Waals surface area contributed by atoms with Crippen molar-refractivity contribution in [3.63, 3.8) is 0 Å². The Kier molecular flexibility index (Phi) is 7.16. The Bertz CT molecular complexity index is 1360. The molecule has 2 aromatic rings. The highest BCUT2D eigenvalue weighted by molar-refractivity contribution is 5.96. The third-order valence-electron chi connectivity index (χ3n) is 7.49. The van der Waals surface area contributed by atoms with Gasteiger partial charge in [0, 0.05) is 23.9 Å². The number of carbonyl (C=O) groups is 4. The highest BCUT2D eigenvalue weighted by atomic mass is 16.6. The maximum Gasteiger partial charge on any atom is 0.408 e. The number of nitrogens with zero attached hydrogens (tertiary/aromatic N) is 2. The lowest BCUT2D eigenvalue weighted by Crippen LogP contribution is -2.56. The summed E-state index contributed by atoms with van der Waals surface area (Å²) in [6.45, 7) is 5.25. The van der Waals surface area contributed by atoms with Crippen LogP contribution >= 0.6 is 0 Å². The molecule has 0 radical (unpaired) electrons. The Balaban J connectivity index is 1.43. The maximum absolute atomic E-state index is 13.9. The van der Waals surface area contributed by atoms with E-state index in [9.17, 15) is 24.3 Å². The van der Waals surface area contributed by atoms with Gasteiger partial charge in [0.2, 0.25) is 17.7 Å².